The Morgan fingerprint density at radius 1 is 1.47 bits per heavy atom. The van der Waals surface area contributed by atoms with Gasteiger partial charge in [-0.1, -0.05) is 11.6 Å². The van der Waals surface area contributed by atoms with Crippen LogP contribution < -0.4 is 10.6 Å². The van der Waals surface area contributed by atoms with Crippen LogP contribution in [-0.2, 0) is 16.3 Å². The Bertz CT molecular complexity index is 560. The molecule has 1 unspecified atom stereocenters. The molecule has 0 amide bonds. The molecule has 0 spiro atoms. The Hall–Kier alpha value is -0.780. The average molecular weight is 303 g/mol. The number of halogens is 1. The number of rotatable bonds is 3. The first kappa shape index (κ1) is 14.6. The van der Waals surface area contributed by atoms with Crippen molar-refractivity contribution >= 4 is 27.1 Å². The Balaban J connectivity index is 2.31. The van der Waals surface area contributed by atoms with Gasteiger partial charge in [-0.3, -0.25) is 0 Å². The summed E-state index contributed by atoms with van der Waals surface area (Å²) in [5.41, 5.74) is 7.77. The van der Waals surface area contributed by atoms with Crippen LogP contribution in [0, 0.1) is 0 Å². The molecule has 4 nitrogen and oxygen atoms in total. The van der Waals surface area contributed by atoms with Gasteiger partial charge in [0.25, 0.3) is 0 Å². The van der Waals surface area contributed by atoms with Crippen molar-refractivity contribution in [2.45, 2.75) is 19.4 Å². The van der Waals surface area contributed by atoms with Crippen molar-refractivity contribution < 1.29 is 8.42 Å². The predicted molar refractivity (Wildman–Crippen MR) is 79.7 cm³/mol. The van der Waals surface area contributed by atoms with Gasteiger partial charge in [0.1, 0.15) is 0 Å². The Morgan fingerprint density at radius 3 is 2.84 bits per heavy atom. The maximum atomic E-state index is 11.6. The summed E-state index contributed by atoms with van der Waals surface area (Å²) in [7, 11) is -2.90. The van der Waals surface area contributed by atoms with Gasteiger partial charge in [-0.05, 0) is 43.7 Å². The Kier molecular flexibility index (Phi) is 4.38. The van der Waals surface area contributed by atoms with E-state index in [2.05, 4.69) is 4.90 Å². The van der Waals surface area contributed by atoms with E-state index in [1.54, 1.807) is 0 Å². The van der Waals surface area contributed by atoms with E-state index < -0.39 is 9.84 Å². The SMILES string of the molecule is CC1CS(=O)(=O)CCN1c1ccc(Cl)cc1CCN. The molecule has 0 saturated carbocycles. The van der Waals surface area contributed by atoms with E-state index in [9.17, 15) is 8.42 Å². The molecule has 1 atom stereocenters. The summed E-state index contributed by atoms with van der Waals surface area (Å²) >= 11 is 6.02. The van der Waals surface area contributed by atoms with Gasteiger partial charge in [0.2, 0.25) is 0 Å². The number of sulfone groups is 1. The van der Waals surface area contributed by atoms with Gasteiger partial charge in [-0.2, -0.15) is 0 Å². The zero-order chi connectivity index (χ0) is 14.0. The first-order chi connectivity index (χ1) is 8.93. The van der Waals surface area contributed by atoms with E-state index in [0.717, 1.165) is 17.7 Å². The second-order valence-corrected chi connectivity index (χ2v) is 7.63. The zero-order valence-corrected chi connectivity index (χ0v) is 12.5. The van der Waals surface area contributed by atoms with E-state index in [0.29, 0.717) is 18.1 Å². The summed E-state index contributed by atoms with van der Waals surface area (Å²) in [6.07, 6.45) is 0.742. The summed E-state index contributed by atoms with van der Waals surface area (Å²) in [6, 6.07) is 5.70. The van der Waals surface area contributed by atoms with Crippen LogP contribution in [0.4, 0.5) is 5.69 Å². The summed E-state index contributed by atoms with van der Waals surface area (Å²) < 4.78 is 23.3. The van der Waals surface area contributed by atoms with E-state index in [4.69, 9.17) is 17.3 Å². The fourth-order valence-electron chi connectivity index (χ4n) is 2.55. The van der Waals surface area contributed by atoms with Gasteiger partial charge in [-0.25, -0.2) is 8.42 Å². The lowest BCUT2D eigenvalue weighted by Gasteiger charge is -2.36. The van der Waals surface area contributed by atoms with Crippen LogP contribution in [0.25, 0.3) is 0 Å². The topological polar surface area (TPSA) is 63.4 Å². The first-order valence-electron chi connectivity index (χ1n) is 6.38. The van der Waals surface area contributed by atoms with Crippen LogP contribution >= 0.6 is 11.6 Å². The number of nitrogens with zero attached hydrogens (tertiary/aromatic N) is 1. The maximum absolute atomic E-state index is 11.6. The molecule has 1 heterocycles. The number of benzene rings is 1. The molecule has 2 rings (SSSR count). The first-order valence-corrected chi connectivity index (χ1v) is 8.58. The van der Waals surface area contributed by atoms with Crippen molar-refractivity contribution in [1.29, 1.82) is 0 Å². The smallest absolute Gasteiger partial charge is 0.154 e. The zero-order valence-electron chi connectivity index (χ0n) is 11.0. The fraction of sp³-hybridized carbons (Fsp3) is 0.538. The van der Waals surface area contributed by atoms with Crippen LogP contribution in [0.1, 0.15) is 12.5 Å². The minimum absolute atomic E-state index is 0.0172. The van der Waals surface area contributed by atoms with Crippen LogP contribution in [0.15, 0.2) is 18.2 Å². The molecule has 1 aromatic rings. The molecule has 1 aromatic carbocycles. The highest BCUT2D eigenvalue weighted by atomic mass is 35.5. The molecule has 19 heavy (non-hydrogen) atoms. The van der Waals surface area contributed by atoms with Crippen molar-refractivity contribution in [3.63, 3.8) is 0 Å². The molecule has 1 aliphatic rings. The number of hydrogen-bond acceptors (Lipinski definition) is 4. The lowest BCUT2D eigenvalue weighted by Crippen LogP contribution is -2.47. The summed E-state index contributed by atoms with van der Waals surface area (Å²) in [4.78, 5) is 2.14. The largest absolute Gasteiger partial charge is 0.367 e. The van der Waals surface area contributed by atoms with E-state index in [1.165, 1.54) is 0 Å². The molecule has 0 aromatic heterocycles. The van der Waals surface area contributed by atoms with E-state index >= 15 is 0 Å². The van der Waals surface area contributed by atoms with Crippen molar-refractivity contribution in [3.05, 3.63) is 28.8 Å². The lowest BCUT2D eigenvalue weighted by atomic mass is 10.1. The molecule has 106 valence electrons. The number of hydrogen-bond donors (Lipinski definition) is 1. The molecule has 1 saturated heterocycles. The third-order valence-electron chi connectivity index (χ3n) is 3.44. The summed E-state index contributed by atoms with van der Waals surface area (Å²) in [6.45, 7) is 3.02. The number of anilines is 1. The maximum Gasteiger partial charge on any atom is 0.154 e. The Labute approximate surface area is 119 Å². The number of nitrogens with two attached hydrogens (primary N) is 1. The van der Waals surface area contributed by atoms with Crippen LogP contribution in [0.3, 0.4) is 0 Å². The molecular formula is C13H19ClN2O2S. The normalized spacial score (nSPS) is 22.5. The second-order valence-electron chi connectivity index (χ2n) is 4.97. The molecule has 1 fully saturated rings. The van der Waals surface area contributed by atoms with Crippen molar-refractivity contribution in [3.8, 4) is 0 Å². The molecule has 0 radical (unpaired) electrons. The quantitative estimate of drug-likeness (QED) is 0.918. The summed E-state index contributed by atoms with van der Waals surface area (Å²) in [5.74, 6) is 0.416. The minimum atomic E-state index is -2.90. The molecule has 1 aliphatic heterocycles. The van der Waals surface area contributed by atoms with Gasteiger partial charge >= 0.3 is 0 Å². The average Bonchev–Trinajstić information content (AvgIpc) is 2.30. The summed E-state index contributed by atoms with van der Waals surface area (Å²) in [5, 5.41) is 0.685. The fourth-order valence-corrected chi connectivity index (χ4v) is 4.30. The van der Waals surface area contributed by atoms with Crippen LogP contribution in [-0.4, -0.2) is 39.1 Å². The highest BCUT2D eigenvalue weighted by Gasteiger charge is 2.29. The standard InChI is InChI=1S/C13H19ClN2O2S/c1-10-9-19(17,18)7-6-16(10)13-3-2-12(14)8-11(13)4-5-15/h2-3,8,10H,4-7,9,15H2,1H3. The highest BCUT2D eigenvalue weighted by Crippen LogP contribution is 2.28. The molecule has 2 N–H and O–H groups in total. The van der Waals surface area contributed by atoms with Crippen LogP contribution in [0.2, 0.25) is 5.02 Å². The molecule has 6 heteroatoms. The van der Waals surface area contributed by atoms with Crippen LogP contribution in [0.5, 0.6) is 0 Å². The van der Waals surface area contributed by atoms with Crippen molar-refractivity contribution in [2.24, 2.45) is 5.73 Å². The van der Waals surface area contributed by atoms with Gasteiger partial charge in [-0.15, -0.1) is 0 Å². The van der Waals surface area contributed by atoms with Gasteiger partial charge in [0.05, 0.1) is 11.5 Å². The van der Waals surface area contributed by atoms with Crippen molar-refractivity contribution in [2.75, 3.05) is 29.5 Å². The van der Waals surface area contributed by atoms with Crippen molar-refractivity contribution in [1.82, 2.24) is 0 Å². The van der Waals surface area contributed by atoms with Gasteiger partial charge in [0, 0.05) is 23.3 Å². The highest BCUT2D eigenvalue weighted by molar-refractivity contribution is 7.91. The second kappa shape index (κ2) is 5.69. The third kappa shape index (κ3) is 3.41. The molecule has 0 aliphatic carbocycles. The molecular weight excluding hydrogens is 284 g/mol. The Morgan fingerprint density at radius 2 is 2.21 bits per heavy atom. The van der Waals surface area contributed by atoms with E-state index in [1.807, 2.05) is 25.1 Å². The van der Waals surface area contributed by atoms with Gasteiger partial charge < -0.3 is 10.6 Å². The predicted octanol–water partition coefficient (Wildman–Crippen LogP) is 1.46. The third-order valence-corrected chi connectivity index (χ3v) is 5.46. The lowest BCUT2D eigenvalue weighted by molar-refractivity contribution is 0.568. The van der Waals surface area contributed by atoms with Gasteiger partial charge in [0.15, 0.2) is 9.84 Å². The monoisotopic (exact) mass is 302 g/mol. The van der Waals surface area contributed by atoms with E-state index in [-0.39, 0.29) is 17.5 Å². The molecule has 0 bridgehead atoms. The minimum Gasteiger partial charge on any atom is -0.367 e.